The van der Waals surface area contributed by atoms with E-state index in [9.17, 15) is 4.79 Å². The van der Waals surface area contributed by atoms with Crippen LogP contribution in [0.25, 0.3) is 0 Å². The molecule has 5 nitrogen and oxygen atoms in total. The number of carbonyl (C=O) groups excluding carboxylic acids is 1. The number of hydrogen-bond acceptors (Lipinski definition) is 5. The van der Waals surface area contributed by atoms with E-state index in [1.807, 2.05) is 43.0 Å². The van der Waals surface area contributed by atoms with E-state index in [1.165, 1.54) is 0 Å². The highest BCUT2D eigenvalue weighted by Crippen LogP contribution is 2.33. The van der Waals surface area contributed by atoms with E-state index >= 15 is 0 Å². The third-order valence-corrected chi connectivity index (χ3v) is 6.32. The van der Waals surface area contributed by atoms with E-state index in [-0.39, 0.29) is 11.9 Å². The number of hydrogen-bond donors (Lipinski definition) is 0. The first-order chi connectivity index (χ1) is 13.5. The molecule has 3 aromatic rings. The van der Waals surface area contributed by atoms with E-state index in [4.69, 9.17) is 16.0 Å². The van der Waals surface area contributed by atoms with Crippen LogP contribution in [0.15, 0.2) is 34.9 Å². The molecule has 1 atom stereocenters. The van der Waals surface area contributed by atoms with Crippen LogP contribution >= 0.6 is 22.9 Å². The summed E-state index contributed by atoms with van der Waals surface area (Å²) in [6, 6.07) is 7.63. The minimum atomic E-state index is -0.0880. The lowest BCUT2D eigenvalue weighted by molar-refractivity contribution is -0.131. The summed E-state index contributed by atoms with van der Waals surface area (Å²) < 4.78 is 6.01. The van der Waals surface area contributed by atoms with Crippen molar-refractivity contribution < 1.29 is 9.21 Å². The molecule has 1 unspecified atom stereocenters. The van der Waals surface area contributed by atoms with Crippen molar-refractivity contribution in [1.29, 1.82) is 0 Å². The summed E-state index contributed by atoms with van der Waals surface area (Å²) in [6.45, 7) is 4.68. The van der Waals surface area contributed by atoms with E-state index in [0.29, 0.717) is 23.8 Å². The molecule has 1 aliphatic heterocycles. The van der Waals surface area contributed by atoms with Crippen molar-refractivity contribution in [2.75, 3.05) is 6.54 Å². The van der Waals surface area contributed by atoms with Gasteiger partial charge in [-0.1, -0.05) is 23.7 Å². The zero-order valence-corrected chi connectivity index (χ0v) is 17.5. The smallest absolute Gasteiger partial charge is 0.228 e. The van der Waals surface area contributed by atoms with Gasteiger partial charge in [0.05, 0.1) is 23.3 Å². The van der Waals surface area contributed by atoms with Crippen molar-refractivity contribution >= 4 is 28.8 Å². The number of benzene rings is 1. The van der Waals surface area contributed by atoms with Gasteiger partial charge in [0.2, 0.25) is 11.8 Å². The Labute approximate surface area is 173 Å². The molecule has 0 spiro atoms. The zero-order chi connectivity index (χ0) is 19.7. The SMILES string of the molecule is Cc1nc(C)c(CC(=O)N2CCCC2c2ncc(Cc3cccc(Cl)c3)o2)s1. The monoisotopic (exact) mass is 415 g/mol. The fourth-order valence-corrected chi connectivity index (χ4v) is 4.85. The molecule has 28 heavy (non-hydrogen) atoms. The molecule has 1 aliphatic rings. The number of thiazole rings is 1. The summed E-state index contributed by atoms with van der Waals surface area (Å²) >= 11 is 7.66. The first kappa shape index (κ1) is 19.2. The standard InChI is InChI=1S/C21H22ClN3O2S/c1-13-19(28-14(2)24-13)11-20(26)25-8-4-7-18(25)21-23-12-17(27-21)10-15-5-3-6-16(22)9-15/h3,5-6,9,12,18H,4,7-8,10-11H2,1-2H3. The van der Waals surface area contributed by atoms with Crippen LogP contribution in [0.4, 0.5) is 0 Å². The maximum absolute atomic E-state index is 12.9. The first-order valence-corrected chi connectivity index (χ1v) is 10.6. The molecule has 1 aromatic carbocycles. The molecule has 3 heterocycles. The molecular formula is C21H22ClN3O2S. The van der Waals surface area contributed by atoms with E-state index in [1.54, 1.807) is 17.5 Å². The van der Waals surface area contributed by atoms with E-state index in [0.717, 1.165) is 46.3 Å². The predicted molar refractivity (Wildman–Crippen MR) is 110 cm³/mol. The number of aryl methyl sites for hydroxylation is 2. The second kappa shape index (κ2) is 8.05. The molecule has 0 bridgehead atoms. The maximum Gasteiger partial charge on any atom is 0.228 e. The summed E-state index contributed by atoms with van der Waals surface area (Å²) in [5.74, 6) is 1.52. The third kappa shape index (κ3) is 4.13. The molecule has 2 aromatic heterocycles. The van der Waals surface area contributed by atoms with Crippen LogP contribution in [0.1, 0.15) is 51.7 Å². The quantitative estimate of drug-likeness (QED) is 0.594. The molecule has 7 heteroatoms. The van der Waals surface area contributed by atoms with Crippen molar-refractivity contribution in [1.82, 2.24) is 14.9 Å². The summed E-state index contributed by atoms with van der Waals surface area (Å²) in [4.78, 5) is 24.8. The van der Waals surface area contributed by atoms with Gasteiger partial charge in [-0.15, -0.1) is 11.3 Å². The predicted octanol–water partition coefficient (Wildman–Crippen LogP) is 4.90. The second-order valence-corrected chi connectivity index (χ2v) is 8.86. The Bertz CT molecular complexity index is 997. The van der Waals surface area contributed by atoms with Crippen LogP contribution in [0.2, 0.25) is 5.02 Å². The van der Waals surface area contributed by atoms with Gasteiger partial charge in [0.15, 0.2) is 0 Å². The summed E-state index contributed by atoms with van der Waals surface area (Å²) in [5, 5.41) is 1.70. The van der Waals surface area contributed by atoms with Gasteiger partial charge in [-0.2, -0.15) is 0 Å². The largest absolute Gasteiger partial charge is 0.443 e. The highest BCUT2D eigenvalue weighted by molar-refractivity contribution is 7.11. The molecular weight excluding hydrogens is 394 g/mol. The second-order valence-electron chi connectivity index (χ2n) is 7.13. The molecule has 1 amide bonds. The number of halogens is 1. The minimum absolute atomic E-state index is 0.0880. The van der Waals surface area contributed by atoms with Gasteiger partial charge in [0.25, 0.3) is 0 Å². The molecule has 0 N–H and O–H groups in total. The van der Waals surface area contributed by atoms with Crippen LogP contribution in [-0.2, 0) is 17.6 Å². The lowest BCUT2D eigenvalue weighted by Gasteiger charge is -2.22. The van der Waals surface area contributed by atoms with E-state index in [2.05, 4.69) is 9.97 Å². The highest BCUT2D eigenvalue weighted by Gasteiger charge is 2.33. The molecule has 0 radical (unpaired) electrons. The molecule has 0 aliphatic carbocycles. The highest BCUT2D eigenvalue weighted by atomic mass is 35.5. The Kier molecular flexibility index (Phi) is 5.51. The van der Waals surface area contributed by atoms with Crippen LogP contribution < -0.4 is 0 Å². The van der Waals surface area contributed by atoms with Gasteiger partial charge < -0.3 is 9.32 Å². The van der Waals surface area contributed by atoms with Gasteiger partial charge in [0, 0.05) is 22.9 Å². The molecule has 4 rings (SSSR count). The van der Waals surface area contributed by atoms with Crippen molar-refractivity contribution in [3.05, 3.63) is 68.3 Å². The lowest BCUT2D eigenvalue weighted by atomic mass is 10.1. The Morgan fingerprint density at radius 3 is 3.00 bits per heavy atom. The number of carbonyl (C=O) groups is 1. The molecule has 1 saturated heterocycles. The summed E-state index contributed by atoms with van der Waals surface area (Å²) in [5.41, 5.74) is 2.03. The molecule has 0 saturated carbocycles. The Morgan fingerprint density at radius 2 is 2.25 bits per heavy atom. The van der Waals surface area contributed by atoms with Gasteiger partial charge in [-0.3, -0.25) is 4.79 Å². The number of likely N-dealkylation sites (tertiary alicyclic amines) is 1. The van der Waals surface area contributed by atoms with Gasteiger partial charge >= 0.3 is 0 Å². The fourth-order valence-electron chi connectivity index (χ4n) is 3.70. The number of aromatic nitrogens is 2. The van der Waals surface area contributed by atoms with Crippen molar-refractivity contribution in [2.45, 2.75) is 45.6 Å². The number of amides is 1. The van der Waals surface area contributed by atoms with E-state index < -0.39 is 0 Å². The Morgan fingerprint density at radius 1 is 1.39 bits per heavy atom. The third-order valence-electron chi connectivity index (χ3n) is 5.01. The molecule has 146 valence electrons. The average Bonchev–Trinajstić information content (AvgIpc) is 3.35. The number of rotatable bonds is 5. The van der Waals surface area contributed by atoms with Crippen molar-refractivity contribution in [3.8, 4) is 0 Å². The van der Waals surface area contributed by atoms with Crippen LogP contribution in [0.5, 0.6) is 0 Å². The van der Waals surface area contributed by atoms with Crippen LogP contribution in [-0.4, -0.2) is 27.3 Å². The Balaban J connectivity index is 1.47. The van der Waals surface area contributed by atoms with Crippen LogP contribution in [0, 0.1) is 13.8 Å². The number of nitrogens with zero attached hydrogens (tertiary/aromatic N) is 3. The molecule has 1 fully saturated rings. The minimum Gasteiger partial charge on any atom is -0.443 e. The summed E-state index contributed by atoms with van der Waals surface area (Å²) in [6.07, 6.45) is 4.62. The zero-order valence-electron chi connectivity index (χ0n) is 15.9. The first-order valence-electron chi connectivity index (χ1n) is 9.41. The summed E-state index contributed by atoms with van der Waals surface area (Å²) in [7, 11) is 0. The average molecular weight is 416 g/mol. The lowest BCUT2D eigenvalue weighted by Crippen LogP contribution is -2.32. The van der Waals surface area contributed by atoms with Gasteiger partial charge in [-0.25, -0.2) is 9.97 Å². The normalized spacial score (nSPS) is 16.7. The Hall–Kier alpha value is -2.18. The van der Waals surface area contributed by atoms with Crippen molar-refractivity contribution in [3.63, 3.8) is 0 Å². The van der Waals surface area contributed by atoms with Gasteiger partial charge in [0.1, 0.15) is 11.8 Å². The van der Waals surface area contributed by atoms with Crippen LogP contribution in [0.3, 0.4) is 0 Å². The topological polar surface area (TPSA) is 59.2 Å². The number of oxazole rings is 1. The maximum atomic E-state index is 12.9. The van der Waals surface area contributed by atoms with Gasteiger partial charge in [-0.05, 0) is 44.4 Å². The fraction of sp³-hybridized carbons (Fsp3) is 0.381. The van der Waals surface area contributed by atoms with Crippen molar-refractivity contribution in [2.24, 2.45) is 0 Å².